The Kier molecular flexibility index (Phi) is 9.09. The van der Waals surface area contributed by atoms with Gasteiger partial charge in [-0.25, -0.2) is 9.67 Å². The summed E-state index contributed by atoms with van der Waals surface area (Å²) in [7, 11) is 0. The molecular weight excluding hydrogens is 601 g/mol. The van der Waals surface area contributed by atoms with Crippen molar-refractivity contribution in [2.75, 3.05) is 0 Å². The number of fused-ring (bicyclic) bond motifs is 3. The van der Waals surface area contributed by atoms with E-state index in [4.69, 9.17) is 14.8 Å². The van der Waals surface area contributed by atoms with Gasteiger partial charge in [-0.2, -0.15) is 5.10 Å². The first-order chi connectivity index (χ1) is 23.9. The number of rotatable bonds is 11. The van der Waals surface area contributed by atoms with E-state index in [1.165, 1.54) is 50.0 Å². The average molecular weight is 647 g/mol. The largest absolute Gasteiger partial charge is 0.457 e. The van der Waals surface area contributed by atoms with Crippen LogP contribution in [0, 0.1) is 20.8 Å². The van der Waals surface area contributed by atoms with E-state index >= 15 is 0 Å². The van der Waals surface area contributed by atoms with E-state index in [2.05, 4.69) is 142 Å². The molecule has 248 valence electrons. The van der Waals surface area contributed by atoms with Crippen LogP contribution < -0.4 is 4.74 Å². The fourth-order valence-corrected chi connectivity index (χ4v) is 7.43. The maximum Gasteiger partial charge on any atom is 0.137 e. The summed E-state index contributed by atoms with van der Waals surface area (Å²) in [5.74, 6) is 2.51. The van der Waals surface area contributed by atoms with E-state index in [-0.39, 0.29) is 0 Å². The van der Waals surface area contributed by atoms with Gasteiger partial charge in [0.25, 0.3) is 0 Å². The van der Waals surface area contributed by atoms with Gasteiger partial charge in [-0.1, -0.05) is 76.4 Å². The Balaban J connectivity index is 1.33. The van der Waals surface area contributed by atoms with Crippen LogP contribution in [0.15, 0.2) is 97.2 Å². The molecule has 7 aromatic rings. The number of hydrogen-bond donors (Lipinski definition) is 0. The zero-order chi connectivity index (χ0) is 34.1. The third kappa shape index (κ3) is 6.14. The number of hydrogen-bond acceptors (Lipinski definition) is 3. The summed E-state index contributed by atoms with van der Waals surface area (Å²) in [5.41, 5.74) is 13.3. The summed E-state index contributed by atoms with van der Waals surface area (Å²) < 4.78 is 11.2. The molecule has 4 aromatic carbocycles. The Morgan fingerprint density at radius 3 is 2.16 bits per heavy atom. The van der Waals surface area contributed by atoms with E-state index in [1.807, 2.05) is 6.20 Å². The van der Waals surface area contributed by atoms with E-state index < -0.39 is 0 Å². The van der Waals surface area contributed by atoms with E-state index in [0.29, 0.717) is 0 Å². The van der Waals surface area contributed by atoms with Gasteiger partial charge in [0.15, 0.2) is 0 Å². The third-order valence-corrected chi connectivity index (χ3v) is 9.50. The molecule has 0 fully saturated rings. The van der Waals surface area contributed by atoms with Crippen molar-refractivity contribution in [3.8, 4) is 34.1 Å². The number of para-hydroxylation sites is 1. The predicted octanol–water partition coefficient (Wildman–Crippen LogP) is 11.6. The van der Waals surface area contributed by atoms with E-state index in [1.54, 1.807) is 0 Å². The monoisotopic (exact) mass is 646 g/mol. The molecule has 0 saturated carbocycles. The number of benzene rings is 4. The Morgan fingerprint density at radius 1 is 0.633 bits per heavy atom. The lowest BCUT2D eigenvalue weighted by atomic mass is 9.91. The van der Waals surface area contributed by atoms with Crippen LogP contribution in [0.1, 0.15) is 73.7 Å². The molecule has 5 nitrogen and oxygen atoms in total. The van der Waals surface area contributed by atoms with Crippen LogP contribution in [0.4, 0.5) is 0 Å². The molecule has 0 spiro atoms. The summed E-state index contributed by atoms with van der Waals surface area (Å²) in [6.45, 7) is 13.3. The number of aryl methyl sites for hydroxylation is 5. The van der Waals surface area contributed by atoms with Gasteiger partial charge in [0.2, 0.25) is 0 Å². The highest BCUT2D eigenvalue weighted by molar-refractivity contribution is 6.09. The number of aromatic nitrogens is 4. The zero-order valence-corrected chi connectivity index (χ0v) is 29.7. The summed E-state index contributed by atoms with van der Waals surface area (Å²) >= 11 is 0. The fraction of sp³-hybridized carbons (Fsp3) is 0.273. The number of ether oxygens (including phenoxy) is 1. The van der Waals surface area contributed by atoms with Crippen molar-refractivity contribution in [3.05, 3.63) is 131 Å². The molecule has 0 aliphatic carbocycles. The highest BCUT2D eigenvalue weighted by Gasteiger charge is 2.23. The lowest BCUT2D eigenvalue weighted by Crippen LogP contribution is -2.04. The molecule has 7 rings (SSSR count). The first-order valence-electron chi connectivity index (χ1n) is 17.9. The van der Waals surface area contributed by atoms with Crippen LogP contribution in [-0.4, -0.2) is 19.3 Å². The van der Waals surface area contributed by atoms with Crippen molar-refractivity contribution in [1.82, 2.24) is 19.3 Å². The van der Waals surface area contributed by atoms with Crippen LogP contribution in [0.5, 0.6) is 11.5 Å². The Morgan fingerprint density at radius 2 is 1.39 bits per heavy atom. The van der Waals surface area contributed by atoms with Crippen LogP contribution in [0.3, 0.4) is 0 Å². The quantitative estimate of drug-likeness (QED) is 0.140. The first-order valence-corrected chi connectivity index (χ1v) is 17.9. The molecular formula is C44H46N4O. The lowest BCUT2D eigenvalue weighted by Gasteiger charge is -2.15. The van der Waals surface area contributed by atoms with Gasteiger partial charge in [0, 0.05) is 34.7 Å². The molecule has 0 unspecified atom stereocenters. The molecule has 49 heavy (non-hydrogen) atoms. The molecule has 0 aliphatic rings. The summed E-state index contributed by atoms with van der Waals surface area (Å²) in [6.07, 6.45) is 8.01. The van der Waals surface area contributed by atoms with Crippen molar-refractivity contribution >= 4 is 21.8 Å². The van der Waals surface area contributed by atoms with Gasteiger partial charge in [0.05, 0.1) is 28.1 Å². The maximum absolute atomic E-state index is 6.71. The summed E-state index contributed by atoms with van der Waals surface area (Å²) in [5, 5.41) is 7.70. The van der Waals surface area contributed by atoms with Crippen molar-refractivity contribution in [1.29, 1.82) is 0 Å². The Bertz CT molecular complexity index is 2270. The molecule has 0 amide bonds. The number of nitrogens with zero attached hydrogens (tertiary/aromatic N) is 4. The van der Waals surface area contributed by atoms with Crippen molar-refractivity contribution < 1.29 is 4.74 Å². The smallest absolute Gasteiger partial charge is 0.137 e. The molecule has 0 atom stereocenters. The minimum absolute atomic E-state index is 0.787. The van der Waals surface area contributed by atoms with E-state index in [9.17, 15) is 0 Å². The van der Waals surface area contributed by atoms with Crippen molar-refractivity contribution in [2.24, 2.45) is 0 Å². The fourth-order valence-electron chi connectivity index (χ4n) is 7.43. The molecule has 0 aliphatic heterocycles. The van der Waals surface area contributed by atoms with Gasteiger partial charge >= 0.3 is 0 Å². The van der Waals surface area contributed by atoms with Gasteiger partial charge in [0.1, 0.15) is 17.3 Å². The van der Waals surface area contributed by atoms with Crippen molar-refractivity contribution in [2.45, 2.75) is 80.1 Å². The molecule has 5 heteroatoms. The molecule has 3 heterocycles. The summed E-state index contributed by atoms with van der Waals surface area (Å²) in [6, 6.07) is 32.4. The molecule has 0 radical (unpaired) electrons. The summed E-state index contributed by atoms with van der Waals surface area (Å²) in [4.78, 5) is 4.83. The topological polar surface area (TPSA) is 44.9 Å². The minimum Gasteiger partial charge on any atom is -0.457 e. The second-order valence-corrected chi connectivity index (χ2v) is 13.4. The molecule has 0 bridgehead atoms. The predicted molar refractivity (Wildman–Crippen MR) is 204 cm³/mol. The molecule has 0 N–H and O–H groups in total. The van der Waals surface area contributed by atoms with Crippen LogP contribution in [0.2, 0.25) is 0 Å². The molecule has 3 aromatic heterocycles. The standard InChI is InChI=1S/C44H46N4O/c1-7-13-32-22-23-45-42(26-32)47-39-19-11-10-18-36(39)37-21-20-34(28-41(37)47)49-35-25-29(4)24-33(27-35)48-40(15-9-3)44(38(46-48)14-8-2)43-30(5)16-12-17-31(43)6/h10-12,16-28H,7-9,13-15H2,1-6H3. The van der Waals surface area contributed by atoms with E-state index in [0.717, 1.165) is 78.1 Å². The minimum atomic E-state index is 0.787. The Hall–Kier alpha value is -5.16. The third-order valence-electron chi connectivity index (χ3n) is 9.50. The second-order valence-electron chi connectivity index (χ2n) is 13.4. The first kappa shape index (κ1) is 32.4. The maximum atomic E-state index is 6.71. The average Bonchev–Trinajstić information content (AvgIpc) is 3.60. The van der Waals surface area contributed by atoms with Gasteiger partial charge in [-0.15, -0.1) is 0 Å². The van der Waals surface area contributed by atoms with Gasteiger partial charge in [-0.3, -0.25) is 4.57 Å². The molecule has 0 saturated heterocycles. The van der Waals surface area contributed by atoms with Crippen LogP contribution in [0.25, 0.3) is 44.4 Å². The van der Waals surface area contributed by atoms with Gasteiger partial charge < -0.3 is 4.74 Å². The Labute approximate surface area is 290 Å². The zero-order valence-electron chi connectivity index (χ0n) is 29.7. The second kappa shape index (κ2) is 13.8. The number of pyridine rings is 1. The van der Waals surface area contributed by atoms with Crippen LogP contribution in [-0.2, 0) is 19.3 Å². The van der Waals surface area contributed by atoms with Crippen molar-refractivity contribution in [3.63, 3.8) is 0 Å². The SMILES string of the molecule is CCCc1ccnc(-n2c3ccccc3c3ccc(Oc4cc(C)cc(-n5nc(CCC)c(-c6c(C)cccc6C)c5CCC)c4)cc32)c1. The van der Waals surface area contributed by atoms with Gasteiger partial charge in [-0.05, 0) is 110 Å². The highest BCUT2D eigenvalue weighted by atomic mass is 16.5. The lowest BCUT2D eigenvalue weighted by molar-refractivity contribution is 0.482. The van der Waals surface area contributed by atoms with Crippen LogP contribution >= 0.6 is 0 Å². The highest BCUT2D eigenvalue weighted by Crippen LogP contribution is 2.38. The normalized spacial score (nSPS) is 11.6.